The summed E-state index contributed by atoms with van der Waals surface area (Å²) in [6.45, 7) is 4.01. The Hall–Kier alpha value is -0.530. The molecule has 0 unspecified atom stereocenters. The van der Waals surface area contributed by atoms with Crippen molar-refractivity contribution >= 4 is 5.97 Å². The Morgan fingerprint density at radius 2 is 1.57 bits per heavy atom. The molecule has 14 heavy (non-hydrogen) atoms. The normalized spacial score (nSPS) is 12.7. The molecule has 0 aliphatic carbocycles. The number of rotatable bonds is 9. The molecule has 0 aliphatic heterocycles. The summed E-state index contributed by atoms with van der Waals surface area (Å²) in [6, 6.07) is 0. The van der Waals surface area contributed by atoms with Gasteiger partial charge in [0.05, 0.1) is 5.92 Å². The summed E-state index contributed by atoms with van der Waals surface area (Å²) in [4.78, 5) is 10.5. The zero-order chi connectivity index (χ0) is 10.8. The largest absolute Gasteiger partial charge is 0.481 e. The highest BCUT2D eigenvalue weighted by Crippen LogP contribution is 2.12. The van der Waals surface area contributed by atoms with E-state index >= 15 is 0 Å². The number of carbonyl (C=O) groups is 1. The predicted octanol–water partition coefficient (Wildman–Crippen LogP) is 3.85. The van der Waals surface area contributed by atoms with Crippen LogP contribution in [0.15, 0.2) is 0 Å². The smallest absolute Gasteiger partial charge is 0.306 e. The number of unbranched alkanes of at least 4 members (excludes halogenated alkanes) is 6. The number of aliphatic carboxylic acids is 1. The van der Waals surface area contributed by atoms with Gasteiger partial charge < -0.3 is 5.11 Å². The van der Waals surface area contributed by atoms with E-state index in [4.69, 9.17) is 5.11 Å². The average Bonchev–Trinajstić information content (AvgIpc) is 2.16. The minimum Gasteiger partial charge on any atom is -0.481 e. The minimum absolute atomic E-state index is 0.161. The van der Waals surface area contributed by atoms with Gasteiger partial charge in [-0.3, -0.25) is 4.79 Å². The number of hydrogen-bond acceptors (Lipinski definition) is 1. The third-order valence-corrected chi connectivity index (χ3v) is 2.66. The van der Waals surface area contributed by atoms with Crippen LogP contribution in [0.25, 0.3) is 0 Å². The monoisotopic (exact) mass is 200 g/mol. The van der Waals surface area contributed by atoms with Gasteiger partial charge in [0.2, 0.25) is 0 Å². The first-order valence-electron chi connectivity index (χ1n) is 5.91. The van der Waals surface area contributed by atoms with E-state index in [2.05, 4.69) is 6.92 Å². The van der Waals surface area contributed by atoms with Crippen LogP contribution in [0.1, 0.15) is 65.2 Å². The first-order valence-corrected chi connectivity index (χ1v) is 5.91. The zero-order valence-electron chi connectivity index (χ0n) is 9.59. The molecule has 2 heteroatoms. The van der Waals surface area contributed by atoms with Crippen molar-refractivity contribution in [3.63, 3.8) is 0 Å². The summed E-state index contributed by atoms with van der Waals surface area (Å²) >= 11 is 0. The van der Waals surface area contributed by atoms with Crippen LogP contribution in [0.5, 0.6) is 0 Å². The van der Waals surface area contributed by atoms with E-state index in [-0.39, 0.29) is 5.92 Å². The lowest BCUT2D eigenvalue weighted by Gasteiger charge is -2.05. The summed E-state index contributed by atoms with van der Waals surface area (Å²) < 4.78 is 0. The Morgan fingerprint density at radius 1 is 1.07 bits per heavy atom. The molecule has 0 aromatic carbocycles. The quantitative estimate of drug-likeness (QED) is 0.574. The molecule has 0 bridgehead atoms. The van der Waals surface area contributed by atoms with Crippen molar-refractivity contribution in [1.82, 2.24) is 0 Å². The van der Waals surface area contributed by atoms with Crippen LogP contribution in [-0.4, -0.2) is 11.1 Å². The third-order valence-electron chi connectivity index (χ3n) is 2.66. The van der Waals surface area contributed by atoms with Gasteiger partial charge in [0.1, 0.15) is 0 Å². The second-order valence-corrected chi connectivity index (χ2v) is 4.15. The fraction of sp³-hybridized carbons (Fsp3) is 0.917. The van der Waals surface area contributed by atoms with Gasteiger partial charge >= 0.3 is 5.97 Å². The molecule has 0 rings (SSSR count). The summed E-state index contributed by atoms with van der Waals surface area (Å²) in [6.07, 6.45) is 9.65. The van der Waals surface area contributed by atoms with E-state index in [1.54, 1.807) is 6.92 Å². The Bertz CT molecular complexity index is 143. The van der Waals surface area contributed by atoms with Crippen LogP contribution >= 0.6 is 0 Å². The lowest BCUT2D eigenvalue weighted by atomic mass is 10.0. The maximum atomic E-state index is 10.5. The van der Waals surface area contributed by atoms with Crippen LogP contribution in [0.4, 0.5) is 0 Å². The number of carboxylic acid groups (broad SMARTS) is 1. The van der Waals surface area contributed by atoms with Crippen molar-refractivity contribution < 1.29 is 9.90 Å². The van der Waals surface area contributed by atoms with Gasteiger partial charge in [-0.05, 0) is 6.42 Å². The molecule has 0 fully saturated rings. The van der Waals surface area contributed by atoms with Gasteiger partial charge in [-0.2, -0.15) is 0 Å². The number of carboxylic acids is 1. The van der Waals surface area contributed by atoms with Gasteiger partial charge in [-0.15, -0.1) is 0 Å². The first kappa shape index (κ1) is 13.5. The SMILES string of the molecule is CCCCCCCCC[C@@H](C)C(=O)O. The lowest BCUT2D eigenvalue weighted by molar-refractivity contribution is -0.141. The maximum Gasteiger partial charge on any atom is 0.306 e. The molecule has 0 heterocycles. The fourth-order valence-corrected chi connectivity index (χ4v) is 1.53. The van der Waals surface area contributed by atoms with Gasteiger partial charge in [-0.1, -0.05) is 58.8 Å². The van der Waals surface area contributed by atoms with E-state index in [0.717, 1.165) is 12.8 Å². The second-order valence-electron chi connectivity index (χ2n) is 4.15. The molecule has 1 N–H and O–H groups in total. The molecule has 0 aromatic heterocycles. The van der Waals surface area contributed by atoms with Crippen LogP contribution in [0, 0.1) is 5.92 Å². The summed E-state index contributed by atoms with van der Waals surface area (Å²) in [5, 5.41) is 8.65. The van der Waals surface area contributed by atoms with Gasteiger partial charge in [0.25, 0.3) is 0 Å². The highest BCUT2D eigenvalue weighted by Gasteiger charge is 2.09. The molecular formula is C12H24O2. The second kappa shape index (κ2) is 9.04. The molecule has 84 valence electrons. The van der Waals surface area contributed by atoms with Crippen molar-refractivity contribution in [2.75, 3.05) is 0 Å². The fourth-order valence-electron chi connectivity index (χ4n) is 1.53. The van der Waals surface area contributed by atoms with Gasteiger partial charge in [0.15, 0.2) is 0 Å². The molecule has 0 amide bonds. The molecule has 0 saturated heterocycles. The Balaban J connectivity index is 3.09. The molecule has 0 radical (unpaired) electrons. The molecule has 0 aliphatic rings. The molecule has 0 saturated carbocycles. The summed E-state index contributed by atoms with van der Waals surface area (Å²) in [5.41, 5.74) is 0. The van der Waals surface area contributed by atoms with Gasteiger partial charge in [0, 0.05) is 0 Å². The van der Waals surface area contributed by atoms with E-state index in [1.165, 1.54) is 38.5 Å². The van der Waals surface area contributed by atoms with Crippen molar-refractivity contribution in [2.24, 2.45) is 5.92 Å². The van der Waals surface area contributed by atoms with E-state index in [1.807, 2.05) is 0 Å². The van der Waals surface area contributed by atoms with Crippen LogP contribution < -0.4 is 0 Å². The van der Waals surface area contributed by atoms with Crippen molar-refractivity contribution in [2.45, 2.75) is 65.2 Å². The van der Waals surface area contributed by atoms with Crippen molar-refractivity contribution in [1.29, 1.82) is 0 Å². The Kier molecular flexibility index (Phi) is 8.70. The maximum absolute atomic E-state index is 10.5. The number of hydrogen-bond donors (Lipinski definition) is 1. The minimum atomic E-state index is -0.656. The lowest BCUT2D eigenvalue weighted by Crippen LogP contribution is -2.08. The molecule has 0 spiro atoms. The molecule has 2 nitrogen and oxygen atoms in total. The average molecular weight is 200 g/mol. The molecule has 1 atom stereocenters. The van der Waals surface area contributed by atoms with Crippen LogP contribution in [0.2, 0.25) is 0 Å². The Labute approximate surface area is 87.7 Å². The summed E-state index contributed by atoms with van der Waals surface area (Å²) in [7, 11) is 0. The van der Waals surface area contributed by atoms with Gasteiger partial charge in [-0.25, -0.2) is 0 Å². The highest BCUT2D eigenvalue weighted by atomic mass is 16.4. The topological polar surface area (TPSA) is 37.3 Å². The Morgan fingerprint density at radius 3 is 2.07 bits per heavy atom. The van der Waals surface area contributed by atoms with E-state index in [0.29, 0.717) is 0 Å². The summed E-state index contributed by atoms with van der Waals surface area (Å²) in [5.74, 6) is -0.818. The highest BCUT2D eigenvalue weighted by molar-refractivity contribution is 5.69. The van der Waals surface area contributed by atoms with E-state index in [9.17, 15) is 4.79 Å². The van der Waals surface area contributed by atoms with Crippen LogP contribution in [-0.2, 0) is 4.79 Å². The van der Waals surface area contributed by atoms with E-state index < -0.39 is 5.97 Å². The van der Waals surface area contributed by atoms with Crippen LogP contribution in [0.3, 0.4) is 0 Å². The third kappa shape index (κ3) is 8.09. The molecular weight excluding hydrogens is 176 g/mol. The first-order chi connectivity index (χ1) is 6.68. The molecule has 0 aromatic rings. The van der Waals surface area contributed by atoms with Crippen molar-refractivity contribution in [3.05, 3.63) is 0 Å². The van der Waals surface area contributed by atoms with Crippen molar-refractivity contribution in [3.8, 4) is 0 Å². The zero-order valence-corrected chi connectivity index (χ0v) is 9.59. The standard InChI is InChI=1S/C12H24O2/c1-3-4-5-6-7-8-9-10-11(2)12(13)14/h11H,3-10H2,1-2H3,(H,13,14)/t11-/m1/s1. The predicted molar refractivity (Wildman–Crippen MR) is 59.4 cm³/mol.